The van der Waals surface area contributed by atoms with Gasteiger partial charge in [0, 0.05) is 41.6 Å². The third kappa shape index (κ3) is 17.2. The van der Waals surface area contributed by atoms with Crippen LogP contribution in [0.1, 0.15) is 232 Å². The maximum atomic E-state index is 14.1. The largest absolute Gasteiger partial charge is 0.444 e. The lowest BCUT2D eigenvalue weighted by Gasteiger charge is -2.58. The Morgan fingerprint density at radius 1 is 0.754 bits per heavy atom. The van der Waals surface area contributed by atoms with Crippen LogP contribution in [0.3, 0.4) is 0 Å². The lowest BCUT2D eigenvalue weighted by atomic mass is 9.47. The second-order valence-corrected chi connectivity index (χ2v) is 28.2. The van der Waals surface area contributed by atoms with Gasteiger partial charge in [0.2, 0.25) is 5.91 Å². The van der Waals surface area contributed by atoms with Crippen LogP contribution < -0.4 is 16.0 Å². The van der Waals surface area contributed by atoms with Crippen LogP contribution in [0, 0.1) is 46.3 Å². The van der Waals surface area contributed by atoms with Crippen molar-refractivity contribution < 1.29 is 23.9 Å². The minimum absolute atomic E-state index is 0.207. The summed E-state index contributed by atoms with van der Waals surface area (Å²) in [6, 6.07) is 0. The summed E-state index contributed by atoms with van der Waals surface area (Å²) in [4.78, 5) is 41.9. The van der Waals surface area contributed by atoms with Gasteiger partial charge in [0.25, 0.3) is 0 Å². The number of nitrogens with one attached hydrogen (secondary N) is 3. The molecule has 69 heavy (non-hydrogen) atoms. The molecule has 0 bridgehead atoms. The molecule has 4 rings (SSSR count). The summed E-state index contributed by atoms with van der Waals surface area (Å²) in [5, 5.41) is 10.6. The standard InChI is InChI=1S/C58H106N4O5S2/c1-16-57(17-2,60-51(64)66-53(8,9)10)34-37-59-36-20-21-38-62(39-35-58(18-3,19-4)61-52(65)67-54(11,12)13)50(63)31-40-68-69-45-29-32-55(14)44(41-45)25-26-46-48-28-27-47(43(7)24-22-23-42(5)6)56(48,15)33-30-49(46)55/h25,42-43,45-49,59H,16-24,26-41H2,1-15H3,(H,60,64)(H,61,65)/t43-,45+,46+,47-,48+,49+,55+,56-/m1/s1. The van der Waals surface area contributed by atoms with E-state index in [1.807, 2.05) is 63.1 Å². The van der Waals surface area contributed by atoms with Gasteiger partial charge in [-0.15, -0.1) is 0 Å². The molecule has 0 radical (unpaired) electrons. The van der Waals surface area contributed by atoms with Crippen molar-refractivity contribution in [3.8, 4) is 0 Å². The van der Waals surface area contributed by atoms with Crippen molar-refractivity contribution in [2.75, 3.05) is 31.9 Å². The molecule has 3 fully saturated rings. The molecule has 0 spiro atoms. The number of amides is 3. The van der Waals surface area contributed by atoms with Crippen molar-refractivity contribution in [1.29, 1.82) is 0 Å². The quantitative estimate of drug-likeness (QED) is 0.0424. The zero-order valence-electron chi connectivity index (χ0n) is 47.1. The normalized spacial score (nSPS) is 26.6. The van der Waals surface area contributed by atoms with Gasteiger partial charge in [-0.05, 0) is 204 Å². The average molecular weight is 1000 g/mol. The van der Waals surface area contributed by atoms with Crippen molar-refractivity contribution in [2.24, 2.45) is 46.3 Å². The van der Waals surface area contributed by atoms with Gasteiger partial charge >= 0.3 is 12.2 Å². The molecule has 4 aliphatic rings. The first-order valence-corrected chi connectivity index (χ1v) is 30.7. The number of fused-ring (bicyclic) bond motifs is 5. The summed E-state index contributed by atoms with van der Waals surface area (Å²) < 4.78 is 11.3. The Labute approximate surface area is 432 Å². The molecule has 0 unspecified atom stereocenters. The molecule has 0 aromatic heterocycles. The zero-order valence-corrected chi connectivity index (χ0v) is 48.7. The molecule has 400 valence electrons. The molecule has 11 heteroatoms. The van der Waals surface area contributed by atoms with E-state index < -0.39 is 22.8 Å². The van der Waals surface area contributed by atoms with Crippen molar-refractivity contribution >= 4 is 39.7 Å². The first-order chi connectivity index (χ1) is 32.4. The van der Waals surface area contributed by atoms with Gasteiger partial charge in [-0.2, -0.15) is 0 Å². The van der Waals surface area contributed by atoms with E-state index >= 15 is 0 Å². The van der Waals surface area contributed by atoms with E-state index in [4.69, 9.17) is 9.47 Å². The average Bonchev–Trinajstić information content (AvgIpc) is 3.63. The Bertz CT molecular complexity index is 1630. The number of allylic oxidation sites excluding steroid dienone is 2. The Balaban J connectivity index is 1.30. The number of rotatable bonds is 27. The molecule has 0 aromatic rings. The maximum Gasteiger partial charge on any atom is 0.408 e. The topological polar surface area (TPSA) is 109 Å². The number of hydrogen-bond acceptors (Lipinski definition) is 8. The first kappa shape index (κ1) is 60.0. The van der Waals surface area contributed by atoms with E-state index in [9.17, 15) is 14.4 Å². The molecule has 9 nitrogen and oxygen atoms in total. The van der Waals surface area contributed by atoms with E-state index in [1.165, 1.54) is 70.6 Å². The van der Waals surface area contributed by atoms with Gasteiger partial charge in [-0.1, -0.05) is 115 Å². The fourth-order valence-corrected chi connectivity index (χ4v) is 16.2. The van der Waals surface area contributed by atoms with Crippen LogP contribution in [0.2, 0.25) is 0 Å². The number of unbranched alkanes of at least 4 members (excludes halogenated alkanes) is 1. The number of hydrogen-bond donors (Lipinski definition) is 3. The van der Waals surface area contributed by atoms with Crippen LogP contribution in [0.4, 0.5) is 9.59 Å². The van der Waals surface area contributed by atoms with Crippen LogP contribution in [-0.4, -0.2) is 82.5 Å². The molecule has 0 aromatic carbocycles. The highest BCUT2D eigenvalue weighted by Crippen LogP contribution is 2.68. The Morgan fingerprint density at radius 3 is 1.97 bits per heavy atom. The summed E-state index contributed by atoms with van der Waals surface area (Å²) in [5.41, 5.74) is 0.766. The van der Waals surface area contributed by atoms with Gasteiger partial charge in [-0.3, -0.25) is 4.79 Å². The highest BCUT2D eigenvalue weighted by Gasteiger charge is 2.59. The van der Waals surface area contributed by atoms with Crippen LogP contribution in [0.15, 0.2) is 11.6 Å². The van der Waals surface area contributed by atoms with E-state index in [-0.39, 0.29) is 17.5 Å². The lowest BCUT2D eigenvalue weighted by Crippen LogP contribution is -2.51. The summed E-state index contributed by atoms with van der Waals surface area (Å²) in [5.74, 6) is 6.20. The van der Waals surface area contributed by atoms with Crippen LogP contribution in [0.25, 0.3) is 0 Å². The number of alkyl carbamates (subject to hydrolysis) is 2. The summed E-state index contributed by atoms with van der Waals surface area (Å²) in [6.07, 6.45) is 24.1. The fourth-order valence-electron chi connectivity index (χ4n) is 13.6. The molecular weight excluding hydrogens is 897 g/mol. The summed E-state index contributed by atoms with van der Waals surface area (Å²) in [6.45, 7) is 35.5. The Morgan fingerprint density at radius 2 is 1.38 bits per heavy atom. The van der Waals surface area contributed by atoms with E-state index in [0.29, 0.717) is 42.0 Å². The molecular formula is C58H106N4O5S2. The second kappa shape index (κ2) is 26.6. The van der Waals surface area contributed by atoms with Crippen molar-refractivity contribution in [1.82, 2.24) is 20.9 Å². The second-order valence-electron chi connectivity index (χ2n) is 25.4. The smallest absolute Gasteiger partial charge is 0.408 e. The maximum absolute atomic E-state index is 14.1. The predicted octanol–water partition coefficient (Wildman–Crippen LogP) is 15.3. The summed E-state index contributed by atoms with van der Waals surface area (Å²) >= 11 is 0. The number of carbonyl (C=O) groups excluding carboxylic acids is 3. The predicted molar refractivity (Wildman–Crippen MR) is 295 cm³/mol. The monoisotopic (exact) mass is 1000 g/mol. The first-order valence-electron chi connectivity index (χ1n) is 28.4. The lowest BCUT2D eigenvalue weighted by molar-refractivity contribution is -0.131. The molecule has 3 saturated carbocycles. The van der Waals surface area contributed by atoms with Crippen LogP contribution in [0.5, 0.6) is 0 Å². The van der Waals surface area contributed by atoms with Crippen LogP contribution in [-0.2, 0) is 14.3 Å². The Hall–Kier alpha value is -1.59. The minimum Gasteiger partial charge on any atom is -0.444 e. The molecule has 4 aliphatic carbocycles. The van der Waals surface area contributed by atoms with Gasteiger partial charge in [0.05, 0.1) is 0 Å². The number of ether oxygens (including phenoxy) is 2. The highest BCUT2D eigenvalue weighted by atomic mass is 33.1. The van der Waals surface area contributed by atoms with E-state index in [1.54, 1.807) is 5.57 Å². The number of carbonyl (C=O) groups is 3. The van der Waals surface area contributed by atoms with Gasteiger partial charge < -0.3 is 30.3 Å². The molecule has 3 amide bonds. The third-order valence-corrected chi connectivity index (χ3v) is 21.0. The van der Waals surface area contributed by atoms with Crippen molar-refractivity contribution in [3.63, 3.8) is 0 Å². The van der Waals surface area contributed by atoms with E-state index in [0.717, 1.165) is 99.3 Å². The number of nitrogens with zero attached hydrogens (tertiary/aromatic N) is 1. The fraction of sp³-hybridized carbons (Fsp3) is 0.914. The Kier molecular flexibility index (Phi) is 23.1. The van der Waals surface area contributed by atoms with Crippen molar-refractivity contribution in [3.05, 3.63) is 11.6 Å². The van der Waals surface area contributed by atoms with Gasteiger partial charge in [0.1, 0.15) is 11.2 Å². The van der Waals surface area contributed by atoms with Crippen molar-refractivity contribution in [2.45, 2.75) is 260 Å². The van der Waals surface area contributed by atoms with Gasteiger partial charge in [0.15, 0.2) is 0 Å². The van der Waals surface area contributed by atoms with Crippen LogP contribution >= 0.6 is 21.6 Å². The van der Waals surface area contributed by atoms with E-state index in [2.05, 4.69) is 89.2 Å². The third-order valence-electron chi connectivity index (χ3n) is 18.1. The minimum atomic E-state index is -0.581. The SMILES string of the molecule is CCC(CC)(CCNCCCCN(CCC(CC)(CC)NC(=O)OC(C)(C)C)C(=O)CCSS[C@H]1CC[C@@]2(C)C(=CC[C@H]3[C@@H]4CC[C@H]([C@H](C)CCCC(C)C)[C@@]4(C)CC[C@@H]32)C1)NC(=O)OC(C)(C)C. The van der Waals surface area contributed by atoms with Gasteiger partial charge in [-0.25, -0.2) is 9.59 Å². The molecule has 0 heterocycles. The zero-order chi connectivity index (χ0) is 51.3. The summed E-state index contributed by atoms with van der Waals surface area (Å²) in [7, 11) is 3.95. The molecule has 0 saturated heterocycles. The highest BCUT2D eigenvalue weighted by molar-refractivity contribution is 8.76. The molecule has 0 aliphatic heterocycles. The molecule has 8 atom stereocenters. The molecule has 3 N–H and O–H groups in total.